The molecule has 0 fully saturated rings. The number of benzene rings is 1. The van der Waals surface area contributed by atoms with E-state index in [0.717, 1.165) is 12.8 Å². The van der Waals surface area contributed by atoms with Gasteiger partial charge in [-0.3, -0.25) is 4.79 Å². The smallest absolute Gasteiger partial charge is 0.223 e. The summed E-state index contributed by atoms with van der Waals surface area (Å²) in [5, 5.41) is 8.69. The van der Waals surface area contributed by atoms with Gasteiger partial charge in [0, 0.05) is 13.0 Å². The third-order valence-electron chi connectivity index (χ3n) is 2.82. The molecular weight excluding hydrogens is 224 g/mol. The number of hydrogen-bond acceptors (Lipinski definition) is 2. The first-order chi connectivity index (χ1) is 8.67. The van der Waals surface area contributed by atoms with E-state index in [2.05, 4.69) is 6.07 Å². The summed E-state index contributed by atoms with van der Waals surface area (Å²) in [7, 11) is 0. The van der Waals surface area contributed by atoms with Gasteiger partial charge in [0.25, 0.3) is 0 Å². The Bertz CT molecular complexity index is 434. The summed E-state index contributed by atoms with van der Waals surface area (Å²) in [6.07, 6.45) is 2.11. The lowest BCUT2D eigenvalue weighted by atomic mass is 10.1. The molecule has 1 aromatic carbocycles. The number of rotatable bonds is 6. The standard InChI is InChI=1S/C15H20N2O/c1-3-10-17(11-9-16)15(18)8-7-14-6-4-5-13(2)12-14/h4-6,12H,3,7-8,10-11H2,1-2H3. The fourth-order valence-electron chi connectivity index (χ4n) is 1.92. The number of amides is 1. The van der Waals surface area contributed by atoms with Crippen molar-refractivity contribution in [3.63, 3.8) is 0 Å². The molecule has 0 aliphatic rings. The molecule has 3 heteroatoms. The van der Waals surface area contributed by atoms with E-state index in [1.54, 1.807) is 4.90 Å². The zero-order valence-corrected chi connectivity index (χ0v) is 11.1. The van der Waals surface area contributed by atoms with Crippen molar-refractivity contribution in [3.8, 4) is 6.07 Å². The molecule has 0 aliphatic heterocycles. The third kappa shape index (κ3) is 4.58. The Kier molecular flexibility index (Phi) is 5.93. The van der Waals surface area contributed by atoms with Crippen molar-refractivity contribution in [2.45, 2.75) is 33.1 Å². The van der Waals surface area contributed by atoms with Gasteiger partial charge in [0.2, 0.25) is 5.91 Å². The van der Waals surface area contributed by atoms with Crippen molar-refractivity contribution in [2.75, 3.05) is 13.1 Å². The van der Waals surface area contributed by atoms with Gasteiger partial charge < -0.3 is 4.90 Å². The minimum Gasteiger partial charge on any atom is -0.329 e. The number of carbonyl (C=O) groups excluding carboxylic acids is 1. The molecule has 0 bridgehead atoms. The molecule has 0 spiro atoms. The Labute approximate surface area is 109 Å². The second-order valence-corrected chi connectivity index (χ2v) is 4.46. The topological polar surface area (TPSA) is 44.1 Å². The monoisotopic (exact) mass is 244 g/mol. The molecule has 18 heavy (non-hydrogen) atoms. The van der Waals surface area contributed by atoms with E-state index in [1.165, 1.54) is 11.1 Å². The summed E-state index contributed by atoms with van der Waals surface area (Å²) >= 11 is 0. The summed E-state index contributed by atoms with van der Waals surface area (Å²) in [6.45, 7) is 4.92. The molecule has 96 valence electrons. The second kappa shape index (κ2) is 7.50. The molecule has 0 saturated carbocycles. The van der Waals surface area contributed by atoms with E-state index in [4.69, 9.17) is 5.26 Å². The van der Waals surface area contributed by atoms with Crippen molar-refractivity contribution in [1.29, 1.82) is 5.26 Å². The molecule has 0 N–H and O–H groups in total. The zero-order valence-electron chi connectivity index (χ0n) is 11.1. The summed E-state index contributed by atoms with van der Waals surface area (Å²) in [6, 6.07) is 10.2. The minimum atomic E-state index is 0.0694. The predicted octanol–water partition coefficient (Wildman–Crippen LogP) is 2.69. The molecule has 1 amide bonds. The fourth-order valence-corrected chi connectivity index (χ4v) is 1.92. The maximum atomic E-state index is 12.0. The normalized spacial score (nSPS) is 9.83. The quantitative estimate of drug-likeness (QED) is 0.722. The van der Waals surface area contributed by atoms with Gasteiger partial charge in [-0.25, -0.2) is 0 Å². The van der Waals surface area contributed by atoms with E-state index in [9.17, 15) is 4.79 Å². The van der Waals surface area contributed by atoms with Gasteiger partial charge in [-0.05, 0) is 25.3 Å². The minimum absolute atomic E-state index is 0.0694. The lowest BCUT2D eigenvalue weighted by molar-refractivity contribution is -0.130. The summed E-state index contributed by atoms with van der Waals surface area (Å²) < 4.78 is 0. The van der Waals surface area contributed by atoms with Crippen molar-refractivity contribution < 1.29 is 4.79 Å². The van der Waals surface area contributed by atoms with Crippen LogP contribution >= 0.6 is 0 Å². The van der Waals surface area contributed by atoms with Crippen LogP contribution in [0.1, 0.15) is 30.9 Å². The van der Waals surface area contributed by atoms with Gasteiger partial charge in [0.15, 0.2) is 0 Å². The highest BCUT2D eigenvalue weighted by atomic mass is 16.2. The van der Waals surface area contributed by atoms with Crippen LogP contribution in [0, 0.1) is 18.3 Å². The summed E-state index contributed by atoms with van der Waals surface area (Å²) in [4.78, 5) is 13.6. The summed E-state index contributed by atoms with van der Waals surface area (Å²) in [5.41, 5.74) is 2.39. The Hall–Kier alpha value is -1.82. The number of nitrogens with zero attached hydrogens (tertiary/aromatic N) is 2. The average molecular weight is 244 g/mol. The summed E-state index contributed by atoms with van der Waals surface area (Å²) in [5.74, 6) is 0.0694. The van der Waals surface area contributed by atoms with Gasteiger partial charge in [-0.15, -0.1) is 0 Å². The van der Waals surface area contributed by atoms with E-state index in [0.29, 0.717) is 13.0 Å². The van der Waals surface area contributed by atoms with Crippen molar-refractivity contribution in [1.82, 2.24) is 4.90 Å². The zero-order chi connectivity index (χ0) is 13.4. The Morgan fingerprint density at radius 3 is 2.83 bits per heavy atom. The van der Waals surface area contributed by atoms with Crippen LogP contribution in [0.4, 0.5) is 0 Å². The Balaban J connectivity index is 2.51. The molecule has 1 rings (SSSR count). The largest absolute Gasteiger partial charge is 0.329 e. The van der Waals surface area contributed by atoms with E-state index >= 15 is 0 Å². The molecule has 0 atom stereocenters. The average Bonchev–Trinajstić information content (AvgIpc) is 2.36. The SMILES string of the molecule is CCCN(CC#N)C(=O)CCc1cccc(C)c1. The highest BCUT2D eigenvalue weighted by Gasteiger charge is 2.11. The highest BCUT2D eigenvalue weighted by molar-refractivity contribution is 5.76. The molecule has 1 aromatic rings. The van der Waals surface area contributed by atoms with Gasteiger partial charge in [-0.2, -0.15) is 5.26 Å². The molecule has 0 radical (unpaired) electrons. The van der Waals surface area contributed by atoms with Gasteiger partial charge in [0.1, 0.15) is 6.54 Å². The van der Waals surface area contributed by atoms with E-state index in [-0.39, 0.29) is 12.5 Å². The van der Waals surface area contributed by atoms with E-state index in [1.807, 2.05) is 38.1 Å². The van der Waals surface area contributed by atoms with Crippen molar-refractivity contribution in [3.05, 3.63) is 35.4 Å². The van der Waals surface area contributed by atoms with Gasteiger partial charge in [0.05, 0.1) is 6.07 Å². The van der Waals surface area contributed by atoms with Gasteiger partial charge in [-0.1, -0.05) is 36.8 Å². The predicted molar refractivity (Wildman–Crippen MR) is 72.0 cm³/mol. The first kappa shape index (κ1) is 14.2. The van der Waals surface area contributed by atoms with Crippen LogP contribution in [0.25, 0.3) is 0 Å². The lowest BCUT2D eigenvalue weighted by Crippen LogP contribution is -2.32. The van der Waals surface area contributed by atoms with Crippen LogP contribution in [0.15, 0.2) is 24.3 Å². The maximum absolute atomic E-state index is 12.0. The molecule has 0 saturated heterocycles. The van der Waals surface area contributed by atoms with Crippen LogP contribution in [0.2, 0.25) is 0 Å². The van der Waals surface area contributed by atoms with Crippen molar-refractivity contribution >= 4 is 5.91 Å². The maximum Gasteiger partial charge on any atom is 0.223 e. The Morgan fingerprint density at radius 2 is 2.22 bits per heavy atom. The van der Waals surface area contributed by atoms with E-state index < -0.39 is 0 Å². The van der Waals surface area contributed by atoms with Crippen LogP contribution in [0.5, 0.6) is 0 Å². The fraction of sp³-hybridized carbons (Fsp3) is 0.467. The Morgan fingerprint density at radius 1 is 1.44 bits per heavy atom. The molecule has 0 aliphatic carbocycles. The van der Waals surface area contributed by atoms with Crippen LogP contribution in [0.3, 0.4) is 0 Å². The first-order valence-electron chi connectivity index (χ1n) is 6.37. The number of carbonyl (C=O) groups is 1. The number of aryl methyl sites for hydroxylation is 2. The molecule has 0 heterocycles. The van der Waals surface area contributed by atoms with Crippen LogP contribution < -0.4 is 0 Å². The van der Waals surface area contributed by atoms with Crippen molar-refractivity contribution in [2.24, 2.45) is 0 Å². The lowest BCUT2D eigenvalue weighted by Gasteiger charge is -2.18. The number of hydrogen-bond donors (Lipinski definition) is 0. The molecule has 3 nitrogen and oxygen atoms in total. The third-order valence-corrected chi connectivity index (χ3v) is 2.82. The molecule has 0 unspecified atom stereocenters. The number of nitriles is 1. The van der Waals surface area contributed by atoms with Gasteiger partial charge >= 0.3 is 0 Å². The van der Waals surface area contributed by atoms with Crippen LogP contribution in [-0.4, -0.2) is 23.9 Å². The second-order valence-electron chi connectivity index (χ2n) is 4.46. The van der Waals surface area contributed by atoms with Crippen LogP contribution in [-0.2, 0) is 11.2 Å². The first-order valence-corrected chi connectivity index (χ1v) is 6.37. The highest BCUT2D eigenvalue weighted by Crippen LogP contribution is 2.08. The molecule has 0 aromatic heterocycles. The molecular formula is C15H20N2O.